The van der Waals surface area contributed by atoms with E-state index in [9.17, 15) is 0 Å². The number of halogens is 1. The Morgan fingerprint density at radius 2 is 2.15 bits per heavy atom. The summed E-state index contributed by atoms with van der Waals surface area (Å²) in [4.78, 5) is 0. The third-order valence-corrected chi connectivity index (χ3v) is 5.06. The predicted octanol–water partition coefficient (Wildman–Crippen LogP) is 4.12. The molecule has 0 radical (unpaired) electrons. The fraction of sp³-hybridized carbons (Fsp3) is 0.647. The van der Waals surface area contributed by atoms with Gasteiger partial charge in [0, 0.05) is 24.2 Å². The summed E-state index contributed by atoms with van der Waals surface area (Å²) in [6, 6.07) is 6.66. The zero-order valence-corrected chi connectivity index (χ0v) is 13.4. The molecule has 110 valence electrons. The van der Waals surface area contributed by atoms with E-state index in [0.717, 1.165) is 31.0 Å². The van der Waals surface area contributed by atoms with Gasteiger partial charge in [0.05, 0.1) is 5.60 Å². The average molecular weight is 294 g/mol. The van der Waals surface area contributed by atoms with Gasteiger partial charge in [-0.25, -0.2) is 0 Å². The molecule has 1 aromatic carbocycles. The minimum atomic E-state index is -0.00257. The maximum absolute atomic E-state index is 6.18. The lowest BCUT2D eigenvalue weighted by Gasteiger charge is -2.32. The van der Waals surface area contributed by atoms with E-state index >= 15 is 0 Å². The SMILES string of the molecule is CC1(CNC2c3cc(Cl)ccc3CC2(C)C)CCCO1. The predicted molar refractivity (Wildman–Crippen MR) is 83.3 cm³/mol. The van der Waals surface area contributed by atoms with Crippen LogP contribution >= 0.6 is 11.6 Å². The number of nitrogens with one attached hydrogen (secondary N) is 1. The Morgan fingerprint density at radius 3 is 2.85 bits per heavy atom. The molecule has 1 N–H and O–H groups in total. The molecule has 1 aromatic rings. The molecule has 3 rings (SSSR count). The monoisotopic (exact) mass is 293 g/mol. The van der Waals surface area contributed by atoms with Crippen LogP contribution in [0.1, 0.15) is 50.8 Å². The van der Waals surface area contributed by atoms with Gasteiger partial charge < -0.3 is 10.1 Å². The summed E-state index contributed by atoms with van der Waals surface area (Å²) < 4.78 is 5.89. The zero-order chi connectivity index (χ0) is 14.4. The van der Waals surface area contributed by atoms with Crippen molar-refractivity contribution in [1.29, 1.82) is 0 Å². The lowest BCUT2D eigenvalue weighted by atomic mass is 9.85. The Kier molecular flexibility index (Phi) is 3.60. The smallest absolute Gasteiger partial charge is 0.0779 e. The van der Waals surface area contributed by atoms with Gasteiger partial charge in [-0.3, -0.25) is 0 Å². The van der Waals surface area contributed by atoms with Crippen LogP contribution in [-0.4, -0.2) is 18.8 Å². The highest BCUT2D eigenvalue weighted by Gasteiger charge is 2.40. The van der Waals surface area contributed by atoms with Crippen molar-refractivity contribution in [3.63, 3.8) is 0 Å². The van der Waals surface area contributed by atoms with Crippen LogP contribution in [0.5, 0.6) is 0 Å². The van der Waals surface area contributed by atoms with Crippen molar-refractivity contribution >= 4 is 11.6 Å². The quantitative estimate of drug-likeness (QED) is 0.905. The molecular formula is C17H24ClNO. The number of benzene rings is 1. The van der Waals surface area contributed by atoms with Crippen LogP contribution in [0, 0.1) is 5.41 Å². The molecule has 0 amide bonds. The van der Waals surface area contributed by atoms with Gasteiger partial charge in [0.1, 0.15) is 0 Å². The molecule has 0 saturated carbocycles. The average Bonchev–Trinajstić information content (AvgIpc) is 2.88. The zero-order valence-electron chi connectivity index (χ0n) is 12.6. The van der Waals surface area contributed by atoms with Crippen molar-refractivity contribution in [2.75, 3.05) is 13.2 Å². The second-order valence-corrected chi connectivity index (χ2v) is 7.66. The maximum atomic E-state index is 6.18. The molecule has 3 heteroatoms. The lowest BCUT2D eigenvalue weighted by molar-refractivity contribution is 0.0155. The normalized spacial score (nSPS) is 31.5. The molecule has 0 bridgehead atoms. The first-order valence-corrected chi connectivity index (χ1v) is 7.93. The van der Waals surface area contributed by atoms with Gasteiger partial charge in [0.15, 0.2) is 0 Å². The molecule has 1 heterocycles. The molecule has 1 aliphatic heterocycles. The molecule has 1 saturated heterocycles. The van der Waals surface area contributed by atoms with Crippen LogP contribution in [0.25, 0.3) is 0 Å². The van der Waals surface area contributed by atoms with Crippen molar-refractivity contribution < 1.29 is 4.74 Å². The van der Waals surface area contributed by atoms with E-state index in [1.54, 1.807) is 0 Å². The Hall–Kier alpha value is -0.570. The van der Waals surface area contributed by atoms with Gasteiger partial charge >= 0.3 is 0 Å². The van der Waals surface area contributed by atoms with Crippen LogP contribution in [0.15, 0.2) is 18.2 Å². The van der Waals surface area contributed by atoms with Crippen LogP contribution in [0.3, 0.4) is 0 Å². The van der Waals surface area contributed by atoms with E-state index in [2.05, 4.69) is 38.2 Å². The van der Waals surface area contributed by atoms with E-state index in [4.69, 9.17) is 16.3 Å². The standard InChI is InChI=1S/C17H24ClNO/c1-16(2)10-12-5-6-13(18)9-14(12)15(16)19-11-17(3)7-4-8-20-17/h5-6,9,15,19H,4,7-8,10-11H2,1-3H3. The fourth-order valence-corrected chi connectivity index (χ4v) is 3.87. The Balaban J connectivity index is 1.79. The van der Waals surface area contributed by atoms with Crippen LogP contribution in [0.4, 0.5) is 0 Å². The summed E-state index contributed by atoms with van der Waals surface area (Å²) in [6.07, 6.45) is 3.43. The van der Waals surface area contributed by atoms with Gasteiger partial charge in [-0.05, 0) is 54.9 Å². The van der Waals surface area contributed by atoms with Crippen molar-refractivity contribution in [2.24, 2.45) is 5.41 Å². The lowest BCUT2D eigenvalue weighted by Crippen LogP contribution is -2.42. The molecule has 2 atom stereocenters. The first-order valence-electron chi connectivity index (χ1n) is 7.55. The van der Waals surface area contributed by atoms with E-state index in [1.807, 2.05) is 6.07 Å². The van der Waals surface area contributed by atoms with Gasteiger partial charge in [-0.2, -0.15) is 0 Å². The first kappa shape index (κ1) is 14.4. The van der Waals surface area contributed by atoms with E-state index in [1.165, 1.54) is 17.5 Å². The highest BCUT2D eigenvalue weighted by atomic mass is 35.5. The highest BCUT2D eigenvalue weighted by molar-refractivity contribution is 6.30. The van der Waals surface area contributed by atoms with Gasteiger partial charge in [-0.1, -0.05) is 31.5 Å². The van der Waals surface area contributed by atoms with E-state index in [0.29, 0.717) is 6.04 Å². The summed E-state index contributed by atoms with van der Waals surface area (Å²) in [6.45, 7) is 8.68. The Morgan fingerprint density at radius 1 is 1.35 bits per heavy atom. The molecule has 2 unspecified atom stereocenters. The molecule has 0 spiro atoms. The van der Waals surface area contributed by atoms with Crippen molar-refractivity contribution in [2.45, 2.75) is 51.7 Å². The number of hydrogen-bond donors (Lipinski definition) is 1. The van der Waals surface area contributed by atoms with Crippen molar-refractivity contribution in [3.05, 3.63) is 34.3 Å². The summed E-state index contributed by atoms with van der Waals surface area (Å²) in [5, 5.41) is 4.58. The molecule has 20 heavy (non-hydrogen) atoms. The number of fused-ring (bicyclic) bond motifs is 1. The third kappa shape index (κ3) is 2.61. The molecular weight excluding hydrogens is 270 g/mol. The minimum absolute atomic E-state index is 0.00257. The summed E-state index contributed by atoms with van der Waals surface area (Å²) >= 11 is 6.18. The molecule has 2 nitrogen and oxygen atoms in total. The van der Waals surface area contributed by atoms with Crippen LogP contribution < -0.4 is 5.32 Å². The van der Waals surface area contributed by atoms with Gasteiger partial charge in [0.2, 0.25) is 0 Å². The molecule has 1 fully saturated rings. The first-order chi connectivity index (χ1) is 9.40. The number of ether oxygens (including phenoxy) is 1. The topological polar surface area (TPSA) is 21.3 Å². The van der Waals surface area contributed by atoms with E-state index in [-0.39, 0.29) is 11.0 Å². The third-order valence-electron chi connectivity index (χ3n) is 4.83. The molecule has 1 aliphatic carbocycles. The summed E-state index contributed by atoms with van der Waals surface area (Å²) in [5.74, 6) is 0. The van der Waals surface area contributed by atoms with Crippen molar-refractivity contribution in [1.82, 2.24) is 5.32 Å². The number of hydrogen-bond acceptors (Lipinski definition) is 2. The largest absolute Gasteiger partial charge is 0.374 e. The van der Waals surface area contributed by atoms with E-state index < -0.39 is 0 Å². The van der Waals surface area contributed by atoms with Gasteiger partial charge in [0.25, 0.3) is 0 Å². The fourth-order valence-electron chi connectivity index (χ4n) is 3.69. The highest BCUT2D eigenvalue weighted by Crippen LogP contribution is 2.46. The second kappa shape index (κ2) is 5.01. The van der Waals surface area contributed by atoms with Crippen LogP contribution in [0.2, 0.25) is 5.02 Å². The summed E-state index contributed by atoms with van der Waals surface area (Å²) in [7, 11) is 0. The molecule has 0 aromatic heterocycles. The van der Waals surface area contributed by atoms with Crippen LogP contribution in [-0.2, 0) is 11.2 Å². The summed E-state index contributed by atoms with van der Waals surface area (Å²) in [5.41, 5.74) is 3.01. The minimum Gasteiger partial charge on any atom is -0.374 e. The second-order valence-electron chi connectivity index (χ2n) is 7.22. The maximum Gasteiger partial charge on any atom is 0.0779 e. The van der Waals surface area contributed by atoms with Crippen molar-refractivity contribution in [3.8, 4) is 0 Å². The molecule has 2 aliphatic rings. The Bertz CT molecular complexity index is 506. The Labute approximate surface area is 126 Å². The van der Waals surface area contributed by atoms with Gasteiger partial charge in [-0.15, -0.1) is 0 Å². The number of rotatable bonds is 3.